The molecule has 0 aromatic heterocycles. The minimum Gasteiger partial charge on any atom is -0.399 e. The summed E-state index contributed by atoms with van der Waals surface area (Å²) in [5.41, 5.74) is 27.4. The predicted octanol–water partition coefficient (Wildman–Crippen LogP) is -2.64. The van der Waals surface area contributed by atoms with Crippen LogP contribution in [0.15, 0.2) is 22.8 Å². The van der Waals surface area contributed by atoms with Crippen molar-refractivity contribution in [2.75, 3.05) is 0 Å². The number of amides is 1. The third-order valence-electron chi connectivity index (χ3n) is 1.82. The molecule has 1 aliphatic rings. The Kier molecular flexibility index (Phi) is 1.60. The molecule has 10 N–H and O–H groups in total. The molecule has 0 aromatic rings. The summed E-state index contributed by atoms with van der Waals surface area (Å²) in [5.74, 6) is -1.49. The lowest BCUT2D eigenvalue weighted by Gasteiger charge is -2.07. The average Bonchev–Trinajstić information content (AvgIpc) is 2.16. The van der Waals surface area contributed by atoms with Gasteiger partial charge >= 0.3 is 0 Å². The van der Waals surface area contributed by atoms with Crippen molar-refractivity contribution in [2.24, 2.45) is 34.6 Å². The van der Waals surface area contributed by atoms with Gasteiger partial charge in [0.05, 0.1) is 22.8 Å². The van der Waals surface area contributed by atoms with E-state index in [0.29, 0.717) is 0 Å². The molecule has 0 spiro atoms. The van der Waals surface area contributed by atoms with Gasteiger partial charge in [-0.2, -0.15) is 0 Å². The summed E-state index contributed by atoms with van der Waals surface area (Å²) < 4.78 is 0. The summed E-state index contributed by atoms with van der Waals surface area (Å²) in [7, 11) is 0. The molecule has 6 heteroatoms. The van der Waals surface area contributed by atoms with Crippen molar-refractivity contribution in [1.29, 1.82) is 0 Å². The van der Waals surface area contributed by atoms with E-state index < -0.39 is 11.8 Å². The maximum Gasteiger partial charge on any atom is 0.232 e. The smallest absolute Gasteiger partial charge is 0.232 e. The Morgan fingerprint density at radius 3 is 1.50 bits per heavy atom. The molecular formula is C6H11N5O. The Bertz CT molecular complexity index is 279. The molecule has 0 saturated heterocycles. The van der Waals surface area contributed by atoms with Crippen molar-refractivity contribution >= 4 is 5.91 Å². The second-order valence-electron chi connectivity index (χ2n) is 2.57. The molecule has 66 valence electrons. The maximum absolute atomic E-state index is 10.8. The van der Waals surface area contributed by atoms with Crippen molar-refractivity contribution in [1.82, 2.24) is 0 Å². The van der Waals surface area contributed by atoms with Gasteiger partial charge in [-0.25, -0.2) is 0 Å². The highest BCUT2D eigenvalue weighted by Crippen LogP contribution is 2.25. The van der Waals surface area contributed by atoms with E-state index in [1.165, 1.54) is 0 Å². The zero-order valence-corrected chi connectivity index (χ0v) is 6.37. The molecule has 0 fully saturated rings. The van der Waals surface area contributed by atoms with Crippen molar-refractivity contribution in [3.63, 3.8) is 0 Å². The second kappa shape index (κ2) is 2.33. The van der Waals surface area contributed by atoms with E-state index in [0.717, 1.165) is 0 Å². The SMILES string of the molecule is NC(=O)C1C(N)=C(N)C(N)=C1N. The first kappa shape index (κ1) is 8.25. The highest BCUT2D eigenvalue weighted by Gasteiger charge is 2.32. The number of primary amides is 1. The van der Waals surface area contributed by atoms with Crippen LogP contribution in [0.4, 0.5) is 0 Å². The number of nitrogens with two attached hydrogens (primary N) is 5. The summed E-state index contributed by atoms with van der Waals surface area (Å²) in [5, 5.41) is 0. The van der Waals surface area contributed by atoms with Crippen LogP contribution >= 0.6 is 0 Å². The van der Waals surface area contributed by atoms with E-state index in [4.69, 9.17) is 28.7 Å². The number of hydrogen-bond donors (Lipinski definition) is 5. The lowest BCUT2D eigenvalue weighted by Crippen LogP contribution is -2.31. The monoisotopic (exact) mass is 169 g/mol. The van der Waals surface area contributed by atoms with Crippen LogP contribution in [0.1, 0.15) is 0 Å². The predicted molar refractivity (Wildman–Crippen MR) is 43.5 cm³/mol. The molecule has 0 unspecified atom stereocenters. The third kappa shape index (κ3) is 0.849. The molecule has 0 saturated carbocycles. The lowest BCUT2D eigenvalue weighted by atomic mass is 10.1. The number of hydrogen-bond acceptors (Lipinski definition) is 5. The molecule has 0 atom stereocenters. The molecule has 0 heterocycles. The van der Waals surface area contributed by atoms with Crippen molar-refractivity contribution in [3.05, 3.63) is 22.8 Å². The maximum atomic E-state index is 10.8. The number of carbonyl (C=O) groups excluding carboxylic acids is 1. The van der Waals surface area contributed by atoms with E-state index in [1.807, 2.05) is 0 Å². The average molecular weight is 169 g/mol. The quantitative estimate of drug-likeness (QED) is 0.291. The van der Waals surface area contributed by atoms with Gasteiger partial charge in [-0.15, -0.1) is 0 Å². The zero-order chi connectivity index (χ0) is 9.46. The Morgan fingerprint density at radius 1 is 1.00 bits per heavy atom. The van der Waals surface area contributed by atoms with Crippen LogP contribution < -0.4 is 28.7 Å². The van der Waals surface area contributed by atoms with Gasteiger partial charge in [-0.3, -0.25) is 4.79 Å². The third-order valence-corrected chi connectivity index (χ3v) is 1.82. The summed E-state index contributed by atoms with van der Waals surface area (Å²) in [4.78, 5) is 10.8. The standard InChI is InChI=1S/C6H11N5O/c7-2-1(6(11)12)3(8)5(10)4(2)9/h1H,7-10H2,(H2,11,12). The van der Waals surface area contributed by atoms with Crippen LogP contribution in [0.2, 0.25) is 0 Å². The summed E-state index contributed by atoms with van der Waals surface area (Å²) in [6, 6.07) is 0. The molecule has 0 aromatic carbocycles. The molecule has 1 aliphatic carbocycles. The van der Waals surface area contributed by atoms with E-state index in [9.17, 15) is 4.79 Å². The minimum atomic E-state index is -0.843. The van der Waals surface area contributed by atoms with E-state index in [2.05, 4.69) is 0 Å². The summed E-state index contributed by atoms with van der Waals surface area (Å²) in [6.07, 6.45) is 0. The molecule has 6 nitrogen and oxygen atoms in total. The molecule has 1 amide bonds. The topological polar surface area (TPSA) is 147 Å². The molecule has 1 rings (SSSR count). The summed E-state index contributed by atoms with van der Waals surface area (Å²) in [6.45, 7) is 0. The highest BCUT2D eigenvalue weighted by atomic mass is 16.1. The molecule has 0 bridgehead atoms. The van der Waals surface area contributed by atoms with Crippen LogP contribution in [0.25, 0.3) is 0 Å². The van der Waals surface area contributed by atoms with Gasteiger partial charge < -0.3 is 28.7 Å². The molecular weight excluding hydrogens is 158 g/mol. The second-order valence-corrected chi connectivity index (χ2v) is 2.57. The van der Waals surface area contributed by atoms with Gasteiger partial charge in [-0.05, 0) is 0 Å². The van der Waals surface area contributed by atoms with Crippen molar-refractivity contribution in [3.8, 4) is 0 Å². The highest BCUT2D eigenvalue weighted by molar-refractivity contribution is 5.84. The van der Waals surface area contributed by atoms with E-state index in [1.54, 1.807) is 0 Å². The lowest BCUT2D eigenvalue weighted by molar-refractivity contribution is -0.119. The van der Waals surface area contributed by atoms with Crippen molar-refractivity contribution < 1.29 is 4.79 Å². The van der Waals surface area contributed by atoms with Crippen LogP contribution in [0.3, 0.4) is 0 Å². The Labute approximate surface area is 69.0 Å². The van der Waals surface area contributed by atoms with Crippen LogP contribution in [0.5, 0.6) is 0 Å². The first-order chi connectivity index (χ1) is 5.46. The van der Waals surface area contributed by atoms with E-state index >= 15 is 0 Å². The Balaban J connectivity index is 3.17. The van der Waals surface area contributed by atoms with Crippen LogP contribution in [-0.4, -0.2) is 5.91 Å². The number of rotatable bonds is 1. The number of carbonyl (C=O) groups is 1. The fourth-order valence-electron chi connectivity index (χ4n) is 1.10. The minimum absolute atomic E-state index is 0.137. The van der Waals surface area contributed by atoms with Gasteiger partial charge in [0, 0.05) is 0 Å². The fourth-order valence-corrected chi connectivity index (χ4v) is 1.10. The summed E-state index contributed by atoms with van der Waals surface area (Å²) >= 11 is 0. The zero-order valence-electron chi connectivity index (χ0n) is 6.37. The molecule has 0 aliphatic heterocycles. The molecule has 0 radical (unpaired) electrons. The normalized spacial score (nSPS) is 19.0. The van der Waals surface area contributed by atoms with Gasteiger partial charge in [0.25, 0.3) is 0 Å². The largest absolute Gasteiger partial charge is 0.399 e. The first-order valence-corrected chi connectivity index (χ1v) is 3.26. The fraction of sp³-hybridized carbons (Fsp3) is 0.167. The Morgan fingerprint density at radius 2 is 1.33 bits per heavy atom. The van der Waals surface area contributed by atoms with Gasteiger partial charge in [-0.1, -0.05) is 0 Å². The van der Waals surface area contributed by atoms with E-state index in [-0.39, 0.29) is 22.8 Å². The van der Waals surface area contributed by atoms with Gasteiger partial charge in [0.15, 0.2) is 0 Å². The Hall–Kier alpha value is -1.85. The first-order valence-electron chi connectivity index (χ1n) is 3.26. The van der Waals surface area contributed by atoms with Gasteiger partial charge in [0.1, 0.15) is 5.92 Å². The van der Waals surface area contributed by atoms with Gasteiger partial charge in [0.2, 0.25) is 5.91 Å². The van der Waals surface area contributed by atoms with Crippen molar-refractivity contribution in [2.45, 2.75) is 0 Å². The van der Waals surface area contributed by atoms with Crippen LogP contribution in [-0.2, 0) is 4.79 Å². The van der Waals surface area contributed by atoms with Crippen LogP contribution in [0, 0.1) is 5.92 Å². The molecule has 12 heavy (non-hydrogen) atoms.